The first-order valence-corrected chi connectivity index (χ1v) is 3.75. The van der Waals surface area contributed by atoms with Crippen LogP contribution in [0.4, 0.5) is 0 Å². The number of nitrogens with two attached hydrogens (primary N) is 1. The Kier molecular flexibility index (Phi) is 1.24. The number of hydrogen-bond donors (Lipinski definition) is 2. The lowest BCUT2D eigenvalue weighted by Crippen LogP contribution is -2.39. The molecule has 1 aliphatic carbocycles. The molecule has 2 aliphatic rings. The van der Waals surface area contributed by atoms with Crippen LogP contribution in [0.1, 0.15) is 6.42 Å². The largest absolute Gasteiger partial charge is 0.370 e. The van der Waals surface area contributed by atoms with Crippen LogP contribution in [0.25, 0.3) is 0 Å². The molecule has 3 heteroatoms. The van der Waals surface area contributed by atoms with Crippen LogP contribution < -0.4 is 5.73 Å². The minimum absolute atomic E-state index is 0.174. The van der Waals surface area contributed by atoms with E-state index in [1.54, 1.807) is 0 Å². The van der Waals surface area contributed by atoms with Gasteiger partial charge in [0.25, 0.3) is 0 Å². The van der Waals surface area contributed by atoms with Gasteiger partial charge in [0, 0.05) is 6.54 Å². The van der Waals surface area contributed by atoms with Crippen molar-refractivity contribution in [2.75, 3.05) is 6.54 Å². The molecule has 0 radical (unpaired) electrons. The summed E-state index contributed by atoms with van der Waals surface area (Å²) < 4.78 is 0. The van der Waals surface area contributed by atoms with Gasteiger partial charge in [-0.2, -0.15) is 0 Å². The number of fused-ring (bicyclic) bond motifs is 1. The average Bonchev–Trinajstić information content (AvgIpc) is 2.41. The summed E-state index contributed by atoms with van der Waals surface area (Å²) in [5.41, 5.74) is 6.78. The predicted octanol–water partition coefficient (Wildman–Crippen LogP) is 0.450. The van der Waals surface area contributed by atoms with Crippen LogP contribution in [-0.4, -0.2) is 23.4 Å². The molecule has 1 unspecified atom stereocenters. The van der Waals surface area contributed by atoms with Crippen molar-refractivity contribution in [1.29, 1.82) is 5.41 Å². The molecule has 58 valence electrons. The zero-order valence-electron chi connectivity index (χ0n) is 6.25. The van der Waals surface area contributed by atoms with Gasteiger partial charge in [-0.15, -0.1) is 0 Å². The van der Waals surface area contributed by atoms with Gasteiger partial charge in [0.15, 0.2) is 5.96 Å². The van der Waals surface area contributed by atoms with Gasteiger partial charge in [0.1, 0.15) is 0 Å². The quantitative estimate of drug-likeness (QED) is 0.298. The van der Waals surface area contributed by atoms with Crippen molar-refractivity contribution in [2.24, 2.45) is 5.73 Å². The van der Waals surface area contributed by atoms with Crippen LogP contribution in [0, 0.1) is 5.41 Å². The van der Waals surface area contributed by atoms with E-state index in [4.69, 9.17) is 11.1 Å². The van der Waals surface area contributed by atoms with E-state index in [9.17, 15) is 0 Å². The third-order valence-corrected chi connectivity index (χ3v) is 2.25. The van der Waals surface area contributed by atoms with Crippen LogP contribution in [0.3, 0.4) is 0 Å². The minimum Gasteiger partial charge on any atom is -0.370 e. The Balaban J connectivity index is 2.20. The molecule has 0 saturated carbocycles. The van der Waals surface area contributed by atoms with Gasteiger partial charge in [0.2, 0.25) is 0 Å². The van der Waals surface area contributed by atoms with Crippen molar-refractivity contribution in [3.05, 3.63) is 23.8 Å². The summed E-state index contributed by atoms with van der Waals surface area (Å²) in [6.07, 6.45) is 7.44. The Morgan fingerprint density at radius 3 is 3.27 bits per heavy atom. The molecule has 0 aromatic heterocycles. The molecule has 1 heterocycles. The maximum absolute atomic E-state index is 7.28. The van der Waals surface area contributed by atoms with Crippen LogP contribution in [0.2, 0.25) is 0 Å². The van der Waals surface area contributed by atoms with Crippen molar-refractivity contribution in [2.45, 2.75) is 12.5 Å². The van der Waals surface area contributed by atoms with Gasteiger partial charge < -0.3 is 10.6 Å². The fourth-order valence-electron chi connectivity index (χ4n) is 1.66. The zero-order chi connectivity index (χ0) is 7.84. The van der Waals surface area contributed by atoms with Gasteiger partial charge in [-0.25, -0.2) is 0 Å². The Labute approximate surface area is 65.7 Å². The minimum atomic E-state index is 0.174. The number of allylic oxidation sites excluding steroid dienone is 1. The van der Waals surface area contributed by atoms with E-state index in [1.807, 2.05) is 4.90 Å². The first-order chi connectivity index (χ1) is 5.29. The Bertz CT molecular complexity index is 252. The van der Waals surface area contributed by atoms with E-state index in [0.717, 1.165) is 13.0 Å². The van der Waals surface area contributed by atoms with E-state index in [0.29, 0.717) is 6.04 Å². The summed E-state index contributed by atoms with van der Waals surface area (Å²) in [6.45, 7) is 0.805. The SMILES string of the molecule is N=C(N)N1CC=C2CC=CC21. The summed E-state index contributed by atoms with van der Waals surface area (Å²) in [4.78, 5) is 1.89. The predicted molar refractivity (Wildman–Crippen MR) is 44.2 cm³/mol. The highest BCUT2D eigenvalue weighted by Gasteiger charge is 2.27. The second kappa shape index (κ2) is 2.12. The van der Waals surface area contributed by atoms with Crippen molar-refractivity contribution < 1.29 is 0 Å². The molecule has 0 saturated heterocycles. The average molecular weight is 149 g/mol. The lowest BCUT2D eigenvalue weighted by molar-refractivity contribution is 0.457. The summed E-state index contributed by atoms with van der Waals surface area (Å²) in [5.74, 6) is 0.174. The molecule has 1 aliphatic heterocycles. The van der Waals surface area contributed by atoms with Gasteiger partial charge in [-0.1, -0.05) is 18.2 Å². The van der Waals surface area contributed by atoms with Crippen molar-refractivity contribution >= 4 is 5.96 Å². The van der Waals surface area contributed by atoms with Crippen LogP contribution in [0.15, 0.2) is 23.8 Å². The lowest BCUT2D eigenvalue weighted by Gasteiger charge is -2.21. The first-order valence-electron chi connectivity index (χ1n) is 3.75. The number of hydrogen-bond acceptors (Lipinski definition) is 1. The number of nitrogens with zero attached hydrogens (tertiary/aromatic N) is 1. The van der Waals surface area contributed by atoms with Gasteiger partial charge >= 0.3 is 0 Å². The maximum Gasteiger partial charge on any atom is 0.189 e. The normalized spacial score (nSPS) is 27.1. The van der Waals surface area contributed by atoms with Gasteiger partial charge in [-0.05, 0) is 12.0 Å². The molecule has 11 heavy (non-hydrogen) atoms. The smallest absolute Gasteiger partial charge is 0.189 e. The standard InChI is InChI=1S/C8H11N3/c9-8(10)11-5-4-6-2-1-3-7(6)11/h1,3-4,7H,2,5H2,(H3,9,10). The molecule has 0 aromatic carbocycles. The van der Waals surface area contributed by atoms with E-state index < -0.39 is 0 Å². The Hall–Kier alpha value is -1.25. The topological polar surface area (TPSA) is 53.1 Å². The van der Waals surface area contributed by atoms with E-state index >= 15 is 0 Å². The zero-order valence-corrected chi connectivity index (χ0v) is 6.25. The van der Waals surface area contributed by atoms with Gasteiger partial charge in [0.05, 0.1) is 6.04 Å². The molecule has 3 N–H and O–H groups in total. The summed E-state index contributed by atoms with van der Waals surface area (Å²) in [5, 5.41) is 7.28. The third-order valence-electron chi connectivity index (χ3n) is 2.25. The number of rotatable bonds is 0. The second-order valence-corrected chi connectivity index (χ2v) is 2.89. The molecular formula is C8H11N3. The highest BCUT2D eigenvalue weighted by atomic mass is 15.3. The molecule has 0 spiro atoms. The Morgan fingerprint density at radius 1 is 1.73 bits per heavy atom. The highest BCUT2D eigenvalue weighted by Crippen LogP contribution is 2.27. The molecule has 0 amide bonds. The van der Waals surface area contributed by atoms with Crippen LogP contribution in [0.5, 0.6) is 0 Å². The molecule has 0 bridgehead atoms. The number of nitrogens with one attached hydrogen (secondary N) is 1. The fraction of sp³-hybridized carbons (Fsp3) is 0.375. The molecule has 3 nitrogen and oxygen atoms in total. The molecular weight excluding hydrogens is 138 g/mol. The van der Waals surface area contributed by atoms with E-state index in [-0.39, 0.29) is 5.96 Å². The summed E-state index contributed by atoms with van der Waals surface area (Å²) in [6, 6.07) is 0.299. The van der Waals surface area contributed by atoms with Gasteiger partial charge in [-0.3, -0.25) is 5.41 Å². The maximum atomic E-state index is 7.28. The highest BCUT2D eigenvalue weighted by molar-refractivity contribution is 5.77. The van der Waals surface area contributed by atoms with Crippen molar-refractivity contribution in [3.63, 3.8) is 0 Å². The molecule has 0 aromatic rings. The summed E-state index contributed by atoms with van der Waals surface area (Å²) in [7, 11) is 0. The molecule has 1 atom stereocenters. The number of guanidine groups is 1. The van der Waals surface area contributed by atoms with E-state index in [1.165, 1.54) is 5.57 Å². The van der Waals surface area contributed by atoms with Crippen LogP contribution in [-0.2, 0) is 0 Å². The Morgan fingerprint density at radius 2 is 2.55 bits per heavy atom. The first kappa shape index (κ1) is 6.46. The second-order valence-electron chi connectivity index (χ2n) is 2.89. The van der Waals surface area contributed by atoms with Crippen LogP contribution >= 0.6 is 0 Å². The monoisotopic (exact) mass is 149 g/mol. The summed E-state index contributed by atoms with van der Waals surface area (Å²) >= 11 is 0. The fourth-order valence-corrected chi connectivity index (χ4v) is 1.66. The van der Waals surface area contributed by atoms with Crippen molar-refractivity contribution in [3.8, 4) is 0 Å². The van der Waals surface area contributed by atoms with E-state index in [2.05, 4.69) is 18.2 Å². The lowest BCUT2D eigenvalue weighted by atomic mass is 10.2. The third kappa shape index (κ3) is 0.843. The van der Waals surface area contributed by atoms with Crippen molar-refractivity contribution in [1.82, 2.24) is 4.90 Å². The molecule has 0 fully saturated rings. The molecule has 2 rings (SSSR count).